The van der Waals surface area contributed by atoms with Crippen molar-refractivity contribution < 1.29 is 14.6 Å². The molecule has 0 heterocycles. The van der Waals surface area contributed by atoms with E-state index >= 15 is 0 Å². The minimum atomic E-state index is -0.596. The lowest BCUT2D eigenvalue weighted by molar-refractivity contribution is 0.0635. The third-order valence-corrected chi connectivity index (χ3v) is 3.00. The van der Waals surface area contributed by atoms with E-state index in [1.165, 1.54) is 6.07 Å². The molecule has 0 aliphatic heterocycles. The third kappa shape index (κ3) is 3.38. The van der Waals surface area contributed by atoms with Crippen molar-refractivity contribution in [2.45, 2.75) is 44.8 Å². The second-order valence-corrected chi connectivity index (χ2v) is 6.01. The fourth-order valence-electron chi connectivity index (χ4n) is 1.78. The lowest BCUT2D eigenvalue weighted by atomic mass is 10.0. The number of carbonyl (C=O) groups is 1. The quantitative estimate of drug-likeness (QED) is 0.717. The number of hydrogen-bond acceptors (Lipinski definition) is 4. The second kappa shape index (κ2) is 4.42. The van der Waals surface area contributed by atoms with Gasteiger partial charge in [0.05, 0.1) is 5.69 Å². The summed E-state index contributed by atoms with van der Waals surface area (Å²) in [5, 5.41) is 12.3. The Hall–Kier alpha value is -1.75. The van der Waals surface area contributed by atoms with Crippen molar-refractivity contribution in [2.24, 2.45) is 5.73 Å². The van der Waals surface area contributed by atoms with E-state index in [0.717, 1.165) is 18.4 Å². The summed E-state index contributed by atoms with van der Waals surface area (Å²) in [5.74, 6) is -0.00106. The normalized spacial score (nSPS) is 16.8. The predicted molar refractivity (Wildman–Crippen MR) is 73.1 cm³/mol. The van der Waals surface area contributed by atoms with Gasteiger partial charge in [0.2, 0.25) is 0 Å². The molecule has 0 spiro atoms. The molecule has 0 radical (unpaired) electrons. The van der Waals surface area contributed by atoms with E-state index in [4.69, 9.17) is 10.5 Å². The molecule has 2 rings (SSSR count). The first kappa shape index (κ1) is 13.7. The number of nitrogens with two attached hydrogens (primary N) is 1. The van der Waals surface area contributed by atoms with Crippen LogP contribution in [-0.2, 0) is 10.3 Å². The average Bonchev–Trinajstić information content (AvgIpc) is 2.98. The highest BCUT2D eigenvalue weighted by atomic mass is 16.6. The fourth-order valence-corrected chi connectivity index (χ4v) is 1.78. The van der Waals surface area contributed by atoms with Gasteiger partial charge in [0.25, 0.3) is 0 Å². The molecule has 1 saturated carbocycles. The van der Waals surface area contributed by atoms with Gasteiger partial charge in [0.15, 0.2) is 0 Å². The molecule has 1 aliphatic rings. The van der Waals surface area contributed by atoms with Crippen molar-refractivity contribution in [3.05, 3.63) is 23.8 Å². The van der Waals surface area contributed by atoms with Crippen molar-refractivity contribution in [3.8, 4) is 5.75 Å². The molecular weight excluding hydrogens is 244 g/mol. The molecule has 1 aromatic rings. The first-order valence-electron chi connectivity index (χ1n) is 6.32. The SMILES string of the molecule is CC(C)(C)OC(=O)Nc1cc(C2(N)CC2)ccc1O. The number of nitrogens with one attached hydrogen (secondary N) is 1. The number of anilines is 1. The number of carbonyl (C=O) groups excluding carboxylic acids is 1. The van der Waals surface area contributed by atoms with E-state index in [0.29, 0.717) is 5.69 Å². The van der Waals surface area contributed by atoms with Crippen LogP contribution in [0.25, 0.3) is 0 Å². The van der Waals surface area contributed by atoms with Crippen molar-refractivity contribution in [2.75, 3.05) is 5.32 Å². The molecule has 0 aromatic heterocycles. The van der Waals surface area contributed by atoms with Gasteiger partial charge < -0.3 is 15.6 Å². The average molecular weight is 264 g/mol. The molecule has 0 saturated heterocycles. The maximum absolute atomic E-state index is 11.7. The standard InChI is InChI=1S/C14H20N2O3/c1-13(2,3)19-12(18)16-10-8-9(4-5-11(10)17)14(15)6-7-14/h4-5,8,17H,6-7,15H2,1-3H3,(H,16,18). The van der Waals surface area contributed by atoms with Gasteiger partial charge >= 0.3 is 6.09 Å². The highest BCUT2D eigenvalue weighted by molar-refractivity contribution is 5.87. The molecule has 1 aliphatic carbocycles. The van der Waals surface area contributed by atoms with E-state index in [-0.39, 0.29) is 11.3 Å². The molecule has 0 unspecified atom stereocenters. The van der Waals surface area contributed by atoms with Gasteiger partial charge in [-0.15, -0.1) is 0 Å². The lowest BCUT2D eigenvalue weighted by Crippen LogP contribution is -2.27. The summed E-state index contributed by atoms with van der Waals surface area (Å²) in [4.78, 5) is 11.7. The summed E-state index contributed by atoms with van der Waals surface area (Å²) < 4.78 is 5.15. The molecular formula is C14H20N2O3. The van der Waals surface area contributed by atoms with Crippen LogP contribution in [-0.4, -0.2) is 16.8 Å². The van der Waals surface area contributed by atoms with Crippen LogP contribution in [0.4, 0.5) is 10.5 Å². The number of hydrogen-bond donors (Lipinski definition) is 3. The molecule has 104 valence electrons. The summed E-state index contributed by atoms with van der Waals surface area (Å²) in [5.41, 5.74) is 6.44. The monoisotopic (exact) mass is 264 g/mol. The summed E-state index contributed by atoms with van der Waals surface area (Å²) in [6.07, 6.45) is 1.25. The van der Waals surface area contributed by atoms with Crippen molar-refractivity contribution in [1.82, 2.24) is 0 Å². The maximum atomic E-state index is 11.7. The molecule has 5 heteroatoms. The lowest BCUT2D eigenvalue weighted by Gasteiger charge is -2.20. The number of phenols is 1. The van der Waals surface area contributed by atoms with Crippen molar-refractivity contribution >= 4 is 11.8 Å². The largest absolute Gasteiger partial charge is 0.506 e. The third-order valence-electron chi connectivity index (χ3n) is 3.00. The number of ether oxygens (including phenoxy) is 1. The van der Waals surface area contributed by atoms with Crippen LogP contribution in [0.5, 0.6) is 5.75 Å². The molecule has 19 heavy (non-hydrogen) atoms. The minimum Gasteiger partial charge on any atom is -0.506 e. The number of amides is 1. The Morgan fingerprint density at radius 1 is 1.42 bits per heavy atom. The van der Waals surface area contributed by atoms with Crippen LogP contribution >= 0.6 is 0 Å². The van der Waals surface area contributed by atoms with E-state index in [2.05, 4.69) is 5.32 Å². The molecule has 1 fully saturated rings. The number of phenolic OH excluding ortho intramolecular Hbond substituents is 1. The van der Waals surface area contributed by atoms with E-state index in [1.54, 1.807) is 32.9 Å². The Morgan fingerprint density at radius 3 is 2.58 bits per heavy atom. The highest BCUT2D eigenvalue weighted by Crippen LogP contribution is 2.44. The highest BCUT2D eigenvalue weighted by Gasteiger charge is 2.40. The van der Waals surface area contributed by atoms with Crippen LogP contribution in [0.3, 0.4) is 0 Å². The maximum Gasteiger partial charge on any atom is 0.412 e. The number of benzene rings is 1. The van der Waals surface area contributed by atoms with Crippen LogP contribution < -0.4 is 11.1 Å². The van der Waals surface area contributed by atoms with Gasteiger partial charge in [0, 0.05) is 5.54 Å². The van der Waals surface area contributed by atoms with Gasteiger partial charge in [0.1, 0.15) is 11.4 Å². The first-order chi connectivity index (χ1) is 8.70. The molecule has 1 amide bonds. The molecule has 1 aromatic carbocycles. The fraction of sp³-hybridized carbons (Fsp3) is 0.500. The van der Waals surface area contributed by atoms with E-state index < -0.39 is 11.7 Å². The van der Waals surface area contributed by atoms with Crippen LogP contribution in [0.1, 0.15) is 39.2 Å². The summed E-state index contributed by atoms with van der Waals surface area (Å²) in [6.45, 7) is 5.34. The van der Waals surface area contributed by atoms with Gasteiger partial charge in [-0.2, -0.15) is 0 Å². The topological polar surface area (TPSA) is 84.6 Å². The zero-order chi connectivity index (χ0) is 14.3. The first-order valence-corrected chi connectivity index (χ1v) is 6.32. The molecule has 5 nitrogen and oxygen atoms in total. The number of rotatable bonds is 2. The minimum absolute atomic E-state index is 0.00106. The van der Waals surface area contributed by atoms with Gasteiger partial charge in [-0.1, -0.05) is 6.07 Å². The second-order valence-electron chi connectivity index (χ2n) is 6.01. The van der Waals surface area contributed by atoms with Crippen LogP contribution in [0.15, 0.2) is 18.2 Å². The Bertz CT molecular complexity index is 502. The summed E-state index contributed by atoms with van der Waals surface area (Å²) in [7, 11) is 0. The Labute approximate surface area is 112 Å². The van der Waals surface area contributed by atoms with Gasteiger partial charge in [-0.25, -0.2) is 4.79 Å². The summed E-state index contributed by atoms with van der Waals surface area (Å²) in [6, 6.07) is 5.02. The van der Waals surface area contributed by atoms with E-state index in [1.807, 2.05) is 0 Å². The van der Waals surface area contributed by atoms with Crippen molar-refractivity contribution in [1.29, 1.82) is 0 Å². The van der Waals surface area contributed by atoms with Crippen molar-refractivity contribution in [3.63, 3.8) is 0 Å². The zero-order valence-corrected chi connectivity index (χ0v) is 11.5. The Kier molecular flexibility index (Phi) is 3.18. The van der Waals surface area contributed by atoms with Crippen LogP contribution in [0.2, 0.25) is 0 Å². The Morgan fingerprint density at radius 2 is 2.05 bits per heavy atom. The zero-order valence-electron chi connectivity index (χ0n) is 11.5. The number of aromatic hydroxyl groups is 1. The smallest absolute Gasteiger partial charge is 0.412 e. The summed E-state index contributed by atoms with van der Waals surface area (Å²) >= 11 is 0. The molecule has 0 atom stereocenters. The van der Waals surface area contributed by atoms with E-state index in [9.17, 15) is 9.90 Å². The van der Waals surface area contributed by atoms with Gasteiger partial charge in [-0.05, 0) is 51.3 Å². The van der Waals surface area contributed by atoms with Gasteiger partial charge in [-0.3, -0.25) is 5.32 Å². The van der Waals surface area contributed by atoms with Crippen LogP contribution in [0, 0.1) is 0 Å². The molecule has 0 bridgehead atoms. The Balaban J connectivity index is 2.13. The predicted octanol–water partition coefficient (Wildman–Crippen LogP) is 2.69. The molecule has 4 N–H and O–H groups in total.